The van der Waals surface area contributed by atoms with E-state index in [4.69, 9.17) is 4.42 Å². The number of nitrogens with one attached hydrogen (secondary N) is 1. The summed E-state index contributed by atoms with van der Waals surface area (Å²) in [6.45, 7) is 1.29. The number of aliphatic hydroxyl groups excluding tert-OH is 1. The molecule has 1 heterocycles. The molecule has 24 heavy (non-hydrogen) atoms. The molecule has 0 aliphatic rings. The first-order valence-electron chi connectivity index (χ1n) is 8.01. The minimum absolute atomic E-state index is 0.485. The van der Waals surface area contributed by atoms with Gasteiger partial charge in [-0.2, -0.15) is 0 Å². The average Bonchev–Trinajstić information content (AvgIpc) is 3.09. The summed E-state index contributed by atoms with van der Waals surface area (Å²) in [6, 6.07) is 21.8. The molecule has 0 amide bonds. The molecule has 0 bridgehead atoms. The van der Waals surface area contributed by atoms with Crippen molar-refractivity contribution in [2.24, 2.45) is 0 Å². The molecular formula is C20H20BrNO2. The molecule has 0 saturated carbocycles. The SMILES string of the molecule is OC(CNCCc1ccc(-c2ccc(Br)cc2)o1)c1ccccc1. The van der Waals surface area contributed by atoms with Gasteiger partial charge in [0.15, 0.2) is 0 Å². The van der Waals surface area contributed by atoms with Gasteiger partial charge in [-0.1, -0.05) is 58.4 Å². The average molecular weight is 386 g/mol. The smallest absolute Gasteiger partial charge is 0.134 e. The molecule has 1 aromatic heterocycles. The predicted octanol–water partition coefficient (Wildman–Crippen LogP) is 4.57. The third-order valence-corrected chi connectivity index (χ3v) is 4.39. The summed E-state index contributed by atoms with van der Waals surface area (Å²) in [7, 11) is 0. The fourth-order valence-corrected chi connectivity index (χ4v) is 2.79. The van der Waals surface area contributed by atoms with Crippen molar-refractivity contribution in [3.05, 3.63) is 82.5 Å². The van der Waals surface area contributed by atoms with E-state index < -0.39 is 6.10 Å². The Morgan fingerprint density at radius 1 is 0.958 bits per heavy atom. The molecule has 0 radical (unpaired) electrons. The van der Waals surface area contributed by atoms with Crippen LogP contribution in [-0.2, 0) is 6.42 Å². The van der Waals surface area contributed by atoms with Crippen molar-refractivity contribution in [3.8, 4) is 11.3 Å². The van der Waals surface area contributed by atoms with Gasteiger partial charge < -0.3 is 14.8 Å². The van der Waals surface area contributed by atoms with Crippen LogP contribution in [0.4, 0.5) is 0 Å². The molecule has 0 aliphatic heterocycles. The summed E-state index contributed by atoms with van der Waals surface area (Å²) in [4.78, 5) is 0. The van der Waals surface area contributed by atoms with Gasteiger partial charge in [-0.15, -0.1) is 0 Å². The first-order chi connectivity index (χ1) is 11.7. The van der Waals surface area contributed by atoms with Gasteiger partial charge in [0.2, 0.25) is 0 Å². The van der Waals surface area contributed by atoms with E-state index in [0.717, 1.165) is 40.1 Å². The van der Waals surface area contributed by atoms with E-state index in [0.29, 0.717) is 6.54 Å². The van der Waals surface area contributed by atoms with Gasteiger partial charge in [-0.3, -0.25) is 0 Å². The van der Waals surface area contributed by atoms with Crippen molar-refractivity contribution in [1.29, 1.82) is 0 Å². The van der Waals surface area contributed by atoms with Gasteiger partial charge >= 0.3 is 0 Å². The van der Waals surface area contributed by atoms with Crippen LogP contribution in [0.1, 0.15) is 17.4 Å². The predicted molar refractivity (Wildman–Crippen MR) is 99.8 cm³/mol. The fourth-order valence-electron chi connectivity index (χ4n) is 2.52. The number of halogens is 1. The van der Waals surface area contributed by atoms with E-state index in [1.807, 2.05) is 66.7 Å². The lowest BCUT2D eigenvalue weighted by Gasteiger charge is -2.11. The molecule has 0 fully saturated rings. The molecule has 0 spiro atoms. The Hall–Kier alpha value is -1.88. The van der Waals surface area contributed by atoms with E-state index in [2.05, 4.69) is 21.2 Å². The minimum atomic E-state index is -0.485. The lowest BCUT2D eigenvalue weighted by atomic mass is 10.1. The Labute approximate surface area is 150 Å². The molecule has 124 valence electrons. The zero-order valence-electron chi connectivity index (χ0n) is 13.3. The van der Waals surface area contributed by atoms with Gasteiger partial charge in [-0.25, -0.2) is 0 Å². The minimum Gasteiger partial charge on any atom is -0.461 e. The third-order valence-electron chi connectivity index (χ3n) is 3.86. The Kier molecular flexibility index (Phi) is 5.86. The summed E-state index contributed by atoms with van der Waals surface area (Å²) in [5, 5.41) is 13.4. The molecule has 3 nitrogen and oxygen atoms in total. The number of benzene rings is 2. The topological polar surface area (TPSA) is 45.4 Å². The van der Waals surface area contributed by atoms with Crippen LogP contribution in [0.3, 0.4) is 0 Å². The van der Waals surface area contributed by atoms with Crippen LogP contribution in [0, 0.1) is 0 Å². The largest absolute Gasteiger partial charge is 0.461 e. The van der Waals surface area contributed by atoms with E-state index in [1.165, 1.54) is 0 Å². The Balaban J connectivity index is 1.47. The van der Waals surface area contributed by atoms with Crippen LogP contribution in [0.5, 0.6) is 0 Å². The molecular weight excluding hydrogens is 366 g/mol. The maximum Gasteiger partial charge on any atom is 0.134 e. The van der Waals surface area contributed by atoms with E-state index in [-0.39, 0.29) is 0 Å². The highest BCUT2D eigenvalue weighted by Gasteiger charge is 2.07. The number of rotatable bonds is 7. The number of furan rings is 1. The van der Waals surface area contributed by atoms with Crippen molar-refractivity contribution in [1.82, 2.24) is 5.32 Å². The van der Waals surface area contributed by atoms with Crippen LogP contribution < -0.4 is 5.32 Å². The number of aliphatic hydroxyl groups is 1. The summed E-state index contributed by atoms with van der Waals surface area (Å²) in [6.07, 6.45) is 0.305. The molecule has 1 atom stereocenters. The maximum atomic E-state index is 10.1. The van der Waals surface area contributed by atoms with Gasteiger partial charge in [-0.05, 0) is 29.8 Å². The molecule has 2 N–H and O–H groups in total. The first-order valence-corrected chi connectivity index (χ1v) is 8.80. The lowest BCUT2D eigenvalue weighted by molar-refractivity contribution is 0.175. The van der Waals surface area contributed by atoms with Gasteiger partial charge in [0.1, 0.15) is 11.5 Å². The van der Waals surface area contributed by atoms with E-state index in [1.54, 1.807) is 0 Å². The second kappa shape index (κ2) is 8.29. The van der Waals surface area contributed by atoms with E-state index in [9.17, 15) is 5.11 Å². The van der Waals surface area contributed by atoms with Crippen molar-refractivity contribution in [2.75, 3.05) is 13.1 Å². The molecule has 2 aromatic carbocycles. The summed E-state index contributed by atoms with van der Waals surface area (Å²) in [5.41, 5.74) is 2.00. The molecule has 3 aromatic rings. The van der Waals surface area contributed by atoms with Crippen LogP contribution in [0.2, 0.25) is 0 Å². The third kappa shape index (κ3) is 4.57. The molecule has 0 aliphatic carbocycles. The highest BCUT2D eigenvalue weighted by Crippen LogP contribution is 2.24. The maximum absolute atomic E-state index is 10.1. The lowest BCUT2D eigenvalue weighted by Crippen LogP contribution is -2.23. The molecule has 1 unspecified atom stereocenters. The standard InChI is InChI=1S/C20H20BrNO2/c21-17-8-6-16(7-9-17)20-11-10-18(24-20)12-13-22-14-19(23)15-4-2-1-3-5-15/h1-11,19,22-23H,12-14H2. The molecule has 0 saturated heterocycles. The molecule has 4 heteroatoms. The summed E-state index contributed by atoms with van der Waals surface area (Å²) < 4.78 is 6.94. The highest BCUT2D eigenvalue weighted by atomic mass is 79.9. The van der Waals surface area contributed by atoms with Crippen LogP contribution in [-0.4, -0.2) is 18.2 Å². The van der Waals surface area contributed by atoms with Crippen molar-refractivity contribution >= 4 is 15.9 Å². The summed E-state index contributed by atoms with van der Waals surface area (Å²) in [5.74, 6) is 1.82. The van der Waals surface area contributed by atoms with Crippen molar-refractivity contribution in [2.45, 2.75) is 12.5 Å². The van der Waals surface area contributed by atoms with Gasteiger partial charge in [0.05, 0.1) is 6.10 Å². The van der Waals surface area contributed by atoms with Crippen molar-refractivity contribution < 1.29 is 9.52 Å². The second-order valence-electron chi connectivity index (χ2n) is 5.65. The van der Waals surface area contributed by atoms with Crippen LogP contribution in [0.15, 0.2) is 75.6 Å². The Morgan fingerprint density at radius 3 is 2.46 bits per heavy atom. The Morgan fingerprint density at radius 2 is 1.71 bits per heavy atom. The first kappa shape index (κ1) is 17.0. The zero-order chi connectivity index (χ0) is 16.8. The molecule has 3 rings (SSSR count). The monoisotopic (exact) mass is 385 g/mol. The Bertz CT molecular complexity index is 753. The van der Waals surface area contributed by atoms with Crippen LogP contribution in [0.25, 0.3) is 11.3 Å². The highest BCUT2D eigenvalue weighted by molar-refractivity contribution is 9.10. The second-order valence-corrected chi connectivity index (χ2v) is 6.57. The number of hydrogen-bond donors (Lipinski definition) is 2. The van der Waals surface area contributed by atoms with Gasteiger partial charge in [0.25, 0.3) is 0 Å². The van der Waals surface area contributed by atoms with Crippen LogP contribution >= 0.6 is 15.9 Å². The van der Waals surface area contributed by atoms with E-state index >= 15 is 0 Å². The zero-order valence-corrected chi connectivity index (χ0v) is 14.9. The summed E-state index contributed by atoms with van der Waals surface area (Å²) >= 11 is 3.43. The quantitative estimate of drug-likeness (QED) is 0.585. The van der Waals surface area contributed by atoms with Crippen molar-refractivity contribution in [3.63, 3.8) is 0 Å². The number of hydrogen-bond acceptors (Lipinski definition) is 3. The van der Waals surface area contributed by atoms with Gasteiger partial charge in [0, 0.05) is 29.5 Å². The normalized spacial score (nSPS) is 12.2. The fraction of sp³-hybridized carbons (Fsp3) is 0.200.